The number of nitrogens with zero attached hydrogens (tertiary/aromatic N) is 1. The van der Waals surface area contributed by atoms with E-state index in [-0.39, 0.29) is 0 Å². The van der Waals surface area contributed by atoms with Crippen molar-refractivity contribution in [3.05, 3.63) is 59.4 Å². The summed E-state index contributed by atoms with van der Waals surface area (Å²) in [5.74, 6) is 0.542. The zero-order chi connectivity index (χ0) is 14.4. The molecule has 0 aliphatic rings. The second kappa shape index (κ2) is 7.03. The van der Waals surface area contributed by atoms with Crippen molar-refractivity contribution in [1.82, 2.24) is 4.98 Å². The van der Waals surface area contributed by atoms with Crippen LogP contribution in [0, 0.1) is 6.92 Å². The molecular formula is C16H19NO3. The molecular weight excluding hydrogens is 254 g/mol. The van der Waals surface area contributed by atoms with Crippen LogP contribution in [0.25, 0.3) is 0 Å². The first-order chi connectivity index (χ1) is 9.70. The summed E-state index contributed by atoms with van der Waals surface area (Å²) < 4.78 is 11.0. The lowest BCUT2D eigenvalue weighted by molar-refractivity contribution is -0.0993. The maximum absolute atomic E-state index is 9.99. The predicted octanol–water partition coefficient (Wildman–Crippen LogP) is 3.00. The first-order valence-corrected chi connectivity index (χ1v) is 6.63. The van der Waals surface area contributed by atoms with Crippen molar-refractivity contribution in [2.75, 3.05) is 6.61 Å². The molecule has 2 rings (SSSR count). The molecule has 1 heterocycles. The lowest BCUT2D eigenvalue weighted by Gasteiger charge is -2.16. The molecule has 2 aromatic rings. The van der Waals surface area contributed by atoms with E-state index in [1.54, 1.807) is 12.3 Å². The molecule has 0 bridgehead atoms. The molecule has 1 unspecified atom stereocenters. The van der Waals surface area contributed by atoms with Gasteiger partial charge < -0.3 is 14.6 Å². The zero-order valence-electron chi connectivity index (χ0n) is 11.7. The summed E-state index contributed by atoms with van der Waals surface area (Å²) in [4.78, 5) is 4.20. The van der Waals surface area contributed by atoms with Gasteiger partial charge in [-0.1, -0.05) is 30.3 Å². The highest BCUT2D eigenvalue weighted by atomic mass is 16.6. The average Bonchev–Trinajstić information content (AvgIpc) is 2.47. The second-order valence-electron chi connectivity index (χ2n) is 4.45. The van der Waals surface area contributed by atoms with Crippen LogP contribution in [0.15, 0.2) is 42.6 Å². The third-order valence-electron chi connectivity index (χ3n) is 2.86. The minimum Gasteiger partial charge on any atom is -0.487 e. The molecule has 0 aliphatic heterocycles. The number of aryl methyl sites for hydroxylation is 1. The number of aliphatic hydroxyl groups excluding tert-OH is 1. The number of benzene rings is 1. The SMILES string of the molecule is CCOC(O)c1cc(C)ncc1OCc1ccccc1. The van der Waals surface area contributed by atoms with Gasteiger partial charge in [0, 0.05) is 12.3 Å². The molecule has 1 N–H and O–H groups in total. The van der Waals surface area contributed by atoms with Crippen LogP contribution in [-0.2, 0) is 11.3 Å². The van der Waals surface area contributed by atoms with Gasteiger partial charge in [0.2, 0.25) is 0 Å². The van der Waals surface area contributed by atoms with Crippen LogP contribution >= 0.6 is 0 Å². The van der Waals surface area contributed by atoms with E-state index in [1.807, 2.05) is 44.2 Å². The first kappa shape index (κ1) is 14.5. The Morgan fingerprint density at radius 3 is 2.70 bits per heavy atom. The molecule has 0 fully saturated rings. The third-order valence-corrected chi connectivity index (χ3v) is 2.86. The van der Waals surface area contributed by atoms with Crippen LogP contribution in [0.3, 0.4) is 0 Å². The molecule has 1 atom stereocenters. The van der Waals surface area contributed by atoms with Gasteiger partial charge in [-0.2, -0.15) is 0 Å². The maximum Gasteiger partial charge on any atom is 0.184 e. The first-order valence-electron chi connectivity index (χ1n) is 6.63. The van der Waals surface area contributed by atoms with Gasteiger partial charge in [-0.25, -0.2) is 0 Å². The molecule has 0 spiro atoms. The molecule has 4 nitrogen and oxygen atoms in total. The zero-order valence-corrected chi connectivity index (χ0v) is 11.7. The fraction of sp³-hybridized carbons (Fsp3) is 0.312. The Morgan fingerprint density at radius 2 is 2.00 bits per heavy atom. The minimum atomic E-state index is -0.993. The number of ether oxygens (including phenoxy) is 2. The van der Waals surface area contributed by atoms with Gasteiger partial charge in [0.15, 0.2) is 6.29 Å². The Bertz CT molecular complexity index is 543. The summed E-state index contributed by atoms with van der Waals surface area (Å²) in [6.07, 6.45) is 0.628. The fourth-order valence-electron chi connectivity index (χ4n) is 1.86. The Balaban J connectivity index is 2.14. The van der Waals surface area contributed by atoms with Gasteiger partial charge in [-0.05, 0) is 25.5 Å². The van der Waals surface area contributed by atoms with Gasteiger partial charge in [-0.15, -0.1) is 0 Å². The molecule has 0 radical (unpaired) electrons. The summed E-state index contributed by atoms with van der Waals surface area (Å²) in [6.45, 7) is 4.56. The van der Waals surface area contributed by atoms with Gasteiger partial charge in [0.1, 0.15) is 12.4 Å². The average molecular weight is 273 g/mol. The molecule has 106 valence electrons. The van der Waals surface area contributed by atoms with E-state index in [0.717, 1.165) is 11.3 Å². The fourth-order valence-corrected chi connectivity index (χ4v) is 1.86. The van der Waals surface area contributed by atoms with Crippen LogP contribution in [0.4, 0.5) is 0 Å². The number of aliphatic hydroxyl groups is 1. The van der Waals surface area contributed by atoms with Crippen molar-refractivity contribution in [3.8, 4) is 5.75 Å². The van der Waals surface area contributed by atoms with E-state index in [0.29, 0.717) is 24.5 Å². The largest absolute Gasteiger partial charge is 0.487 e. The van der Waals surface area contributed by atoms with Crippen LogP contribution in [0.5, 0.6) is 5.75 Å². The highest BCUT2D eigenvalue weighted by molar-refractivity contribution is 5.33. The van der Waals surface area contributed by atoms with Crippen molar-refractivity contribution >= 4 is 0 Å². The van der Waals surface area contributed by atoms with Crippen molar-refractivity contribution in [1.29, 1.82) is 0 Å². The molecule has 0 saturated heterocycles. The summed E-state index contributed by atoms with van der Waals surface area (Å²) in [5, 5.41) is 9.99. The minimum absolute atomic E-state index is 0.428. The Kier molecular flexibility index (Phi) is 5.09. The van der Waals surface area contributed by atoms with E-state index >= 15 is 0 Å². The van der Waals surface area contributed by atoms with E-state index in [1.165, 1.54) is 0 Å². The highest BCUT2D eigenvalue weighted by Gasteiger charge is 2.14. The summed E-state index contributed by atoms with van der Waals surface area (Å²) >= 11 is 0. The van der Waals surface area contributed by atoms with Gasteiger partial charge in [-0.3, -0.25) is 4.98 Å². The van der Waals surface area contributed by atoms with E-state index in [9.17, 15) is 5.11 Å². The Hall–Kier alpha value is -1.91. The lowest BCUT2D eigenvalue weighted by Crippen LogP contribution is -2.07. The Labute approximate surface area is 119 Å². The van der Waals surface area contributed by atoms with Gasteiger partial charge in [0.25, 0.3) is 0 Å². The van der Waals surface area contributed by atoms with Crippen LogP contribution in [-0.4, -0.2) is 16.7 Å². The Morgan fingerprint density at radius 1 is 1.25 bits per heavy atom. The normalized spacial score (nSPS) is 12.2. The van der Waals surface area contributed by atoms with Crippen LogP contribution < -0.4 is 4.74 Å². The molecule has 1 aromatic heterocycles. The summed E-state index contributed by atoms with van der Waals surface area (Å²) in [7, 11) is 0. The highest BCUT2D eigenvalue weighted by Crippen LogP contribution is 2.26. The molecule has 1 aromatic carbocycles. The monoisotopic (exact) mass is 273 g/mol. The summed E-state index contributed by atoms with van der Waals surface area (Å²) in [5.41, 5.74) is 2.48. The van der Waals surface area contributed by atoms with Gasteiger partial charge >= 0.3 is 0 Å². The maximum atomic E-state index is 9.99. The molecule has 0 amide bonds. The summed E-state index contributed by atoms with van der Waals surface area (Å²) in [6, 6.07) is 11.6. The topological polar surface area (TPSA) is 51.6 Å². The molecule has 20 heavy (non-hydrogen) atoms. The standard InChI is InChI=1S/C16H19NO3/c1-3-19-16(18)14-9-12(2)17-10-15(14)20-11-13-7-5-4-6-8-13/h4-10,16,18H,3,11H2,1-2H3. The second-order valence-corrected chi connectivity index (χ2v) is 4.45. The van der Waals surface area contributed by atoms with Crippen LogP contribution in [0.1, 0.15) is 30.0 Å². The number of rotatable bonds is 6. The van der Waals surface area contributed by atoms with Crippen molar-refractivity contribution in [2.45, 2.75) is 26.7 Å². The third kappa shape index (κ3) is 3.79. The number of aromatic nitrogens is 1. The van der Waals surface area contributed by atoms with Crippen LogP contribution in [0.2, 0.25) is 0 Å². The molecule has 4 heteroatoms. The van der Waals surface area contributed by atoms with Crippen molar-refractivity contribution in [2.24, 2.45) is 0 Å². The quantitative estimate of drug-likeness (QED) is 0.822. The number of pyridine rings is 1. The smallest absolute Gasteiger partial charge is 0.184 e. The lowest BCUT2D eigenvalue weighted by atomic mass is 10.2. The van der Waals surface area contributed by atoms with Crippen molar-refractivity contribution < 1.29 is 14.6 Å². The van der Waals surface area contributed by atoms with Gasteiger partial charge in [0.05, 0.1) is 11.8 Å². The predicted molar refractivity (Wildman–Crippen MR) is 76.3 cm³/mol. The van der Waals surface area contributed by atoms with E-state index < -0.39 is 6.29 Å². The number of hydrogen-bond donors (Lipinski definition) is 1. The van der Waals surface area contributed by atoms with Crippen molar-refractivity contribution in [3.63, 3.8) is 0 Å². The molecule has 0 aliphatic carbocycles. The number of hydrogen-bond acceptors (Lipinski definition) is 4. The van der Waals surface area contributed by atoms with E-state index in [2.05, 4.69) is 4.98 Å². The van der Waals surface area contributed by atoms with E-state index in [4.69, 9.17) is 9.47 Å². The molecule has 0 saturated carbocycles.